The van der Waals surface area contributed by atoms with Crippen LogP contribution in [0.15, 0.2) is 70.4 Å². The average Bonchev–Trinajstić information content (AvgIpc) is 2.57. The summed E-state index contributed by atoms with van der Waals surface area (Å²) in [4.78, 5) is 24.8. The van der Waals surface area contributed by atoms with E-state index in [1.54, 1.807) is 24.3 Å². The summed E-state index contributed by atoms with van der Waals surface area (Å²) in [6.07, 6.45) is 1.48. The van der Waals surface area contributed by atoms with Gasteiger partial charge in [0, 0.05) is 22.3 Å². The molecule has 1 heterocycles. The lowest BCUT2D eigenvalue weighted by Crippen LogP contribution is -2.39. The van der Waals surface area contributed by atoms with Gasteiger partial charge in [-0.1, -0.05) is 59.6 Å². The maximum atomic E-state index is 12.7. The fourth-order valence-electron chi connectivity index (χ4n) is 2.43. The third-order valence-electron chi connectivity index (χ3n) is 3.72. The van der Waals surface area contributed by atoms with E-state index in [0.29, 0.717) is 22.2 Å². The number of nitrogens with zero attached hydrogens (tertiary/aromatic N) is 2. The number of benzene rings is 2. The van der Waals surface area contributed by atoms with Crippen molar-refractivity contribution < 1.29 is 0 Å². The molecule has 6 heteroatoms. The highest BCUT2D eigenvalue weighted by Crippen LogP contribution is 2.16. The van der Waals surface area contributed by atoms with Gasteiger partial charge in [-0.3, -0.25) is 13.9 Å². The average molecular weight is 361 g/mol. The number of halogens is 2. The standard InChI is InChI=1S/C18H14Cl2N2O2/c19-15-7-3-1-5-13(15)11-21-10-9-17(23)22(18(21)24)12-14-6-2-4-8-16(14)20/h1-10H,11-12H2. The van der Waals surface area contributed by atoms with Crippen LogP contribution in [0.5, 0.6) is 0 Å². The fraction of sp³-hybridized carbons (Fsp3) is 0.111. The lowest BCUT2D eigenvalue weighted by atomic mass is 10.2. The van der Waals surface area contributed by atoms with Gasteiger partial charge in [0.15, 0.2) is 0 Å². The molecule has 3 aromatic rings. The Morgan fingerprint density at radius 1 is 0.750 bits per heavy atom. The van der Waals surface area contributed by atoms with E-state index in [1.807, 2.05) is 24.3 Å². The second-order valence-electron chi connectivity index (χ2n) is 5.33. The second-order valence-corrected chi connectivity index (χ2v) is 6.15. The smallest absolute Gasteiger partial charge is 0.296 e. The monoisotopic (exact) mass is 360 g/mol. The van der Waals surface area contributed by atoms with Crippen LogP contribution in [0.2, 0.25) is 10.0 Å². The molecular formula is C18H14Cl2N2O2. The zero-order valence-electron chi connectivity index (χ0n) is 12.7. The third kappa shape index (κ3) is 3.45. The van der Waals surface area contributed by atoms with Crippen LogP contribution in [0.4, 0.5) is 0 Å². The maximum Gasteiger partial charge on any atom is 0.331 e. The van der Waals surface area contributed by atoms with Gasteiger partial charge in [-0.05, 0) is 23.3 Å². The molecule has 1 aromatic heterocycles. The van der Waals surface area contributed by atoms with Gasteiger partial charge in [-0.15, -0.1) is 0 Å². The lowest BCUT2D eigenvalue weighted by Gasteiger charge is -2.11. The van der Waals surface area contributed by atoms with Gasteiger partial charge in [0.25, 0.3) is 5.56 Å². The van der Waals surface area contributed by atoms with E-state index < -0.39 is 5.69 Å². The summed E-state index contributed by atoms with van der Waals surface area (Å²) in [6.45, 7) is 0.419. The maximum absolute atomic E-state index is 12.7. The summed E-state index contributed by atoms with van der Waals surface area (Å²) in [5, 5.41) is 1.10. The molecule has 0 fully saturated rings. The molecule has 0 saturated heterocycles. The van der Waals surface area contributed by atoms with Crippen molar-refractivity contribution in [3.8, 4) is 0 Å². The van der Waals surface area contributed by atoms with Crippen molar-refractivity contribution in [1.82, 2.24) is 9.13 Å². The predicted octanol–water partition coefficient (Wildman–Crippen LogP) is 3.41. The molecule has 4 nitrogen and oxygen atoms in total. The Morgan fingerprint density at radius 3 is 1.88 bits per heavy atom. The van der Waals surface area contributed by atoms with Gasteiger partial charge >= 0.3 is 5.69 Å². The first-order valence-corrected chi connectivity index (χ1v) is 8.09. The van der Waals surface area contributed by atoms with E-state index in [-0.39, 0.29) is 12.1 Å². The number of rotatable bonds is 4. The quantitative estimate of drug-likeness (QED) is 0.715. The molecule has 0 saturated carbocycles. The summed E-state index contributed by atoms with van der Waals surface area (Å²) in [6, 6.07) is 15.8. The van der Waals surface area contributed by atoms with Crippen LogP contribution in [0.25, 0.3) is 0 Å². The number of hydrogen-bond acceptors (Lipinski definition) is 2. The first-order valence-electron chi connectivity index (χ1n) is 7.33. The van der Waals surface area contributed by atoms with E-state index >= 15 is 0 Å². The minimum absolute atomic E-state index is 0.126. The van der Waals surface area contributed by atoms with Gasteiger partial charge in [0.1, 0.15) is 0 Å². The summed E-state index contributed by atoms with van der Waals surface area (Å²) in [7, 11) is 0. The molecule has 0 bridgehead atoms. The van der Waals surface area contributed by atoms with Crippen LogP contribution >= 0.6 is 23.2 Å². The first-order chi connectivity index (χ1) is 11.6. The Morgan fingerprint density at radius 2 is 1.29 bits per heavy atom. The Hall–Kier alpha value is -2.30. The number of hydrogen-bond donors (Lipinski definition) is 0. The Balaban J connectivity index is 2.00. The van der Waals surface area contributed by atoms with E-state index in [4.69, 9.17) is 23.2 Å². The van der Waals surface area contributed by atoms with E-state index in [2.05, 4.69) is 0 Å². The lowest BCUT2D eigenvalue weighted by molar-refractivity contribution is 0.612. The van der Waals surface area contributed by atoms with Crippen molar-refractivity contribution in [2.75, 3.05) is 0 Å². The predicted molar refractivity (Wildman–Crippen MR) is 96.1 cm³/mol. The Kier molecular flexibility index (Phi) is 4.88. The van der Waals surface area contributed by atoms with Crippen LogP contribution in [0.3, 0.4) is 0 Å². The minimum atomic E-state index is -0.401. The summed E-state index contributed by atoms with van der Waals surface area (Å²) in [5.74, 6) is 0. The van der Waals surface area contributed by atoms with Gasteiger partial charge in [0.05, 0.1) is 13.1 Å². The van der Waals surface area contributed by atoms with Crippen LogP contribution < -0.4 is 11.2 Å². The van der Waals surface area contributed by atoms with Crippen molar-refractivity contribution in [1.29, 1.82) is 0 Å². The number of aromatic nitrogens is 2. The molecule has 24 heavy (non-hydrogen) atoms. The summed E-state index contributed by atoms with van der Waals surface area (Å²) >= 11 is 12.3. The molecule has 0 aliphatic rings. The molecule has 122 valence electrons. The van der Waals surface area contributed by atoms with Gasteiger partial charge in [-0.25, -0.2) is 4.79 Å². The molecule has 3 rings (SSSR count). The topological polar surface area (TPSA) is 44.0 Å². The third-order valence-corrected chi connectivity index (χ3v) is 4.46. The molecule has 2 aromatic carbocycles. The summed E-state index contributed by atoms with van der Waals surface area (Å²) in [5.41, 5.74) is 0.760. The molecule has 0 radical (unpaired) electrons. The fourth-order valence-corrected chi connectivity index (χ4v) is 2.82. The normalized spacial score (nSPS) is 10.8. The van der Waals surface area contributed by atoms with Crippen LogP contribution in [-0.2, 0) is 13.1 Å². The molecule has 0 aliphatic heterocycles. The zero-order valence-corrected chi connectivity index (χ0v) is 14.2. The summed E-state index contributed by atoms with van der Waals surface area (Å²) < 4.78 is 2.62. The molecule has 0 unspecified atom stereocenters. The molecule has 0 spiro atoms. The van der Waals surface area contributed by atoms with Gasteiger partial charge < -0.3 is 0 Å². The van der Waals surface area contributed by atoms with Crippen LogP contribution in [0, 0.1) is 0 Å². The van der Waals surface area contributed by atoms with E-state index in [9.17, 15) is 9.59 Å². The first kappa shape index (κ1) is 16.6. The second kappa shape index (κ2) is 7.07. The van der Waals surface area contributed by atoms with Gasteiger partial charge in [-0.2, -0.15) is 0 Å². The highest BCUT2D eigenvalue weighted by Gasteiger charge is 2.09. The van der Waals surface area contributed by atoms with Crippen molar-refractivity contribution in [2.24, 2.45) is 0 Å². The minimum Gasteiger partial charge on any atom is -0.296 e. The van der Waals surface area contributed by atoms with Gasteiger partial charge in [0.2, 0.25) is 0 Å². The Labute approximate surface area is 148 Å². The van der Waals surface area contributed by atoms with Crippen molar-refractivity contribution in [2.45, 2.75) is 13.1 Å². The molecule has 0 N–H and O–H groups in total. The zero-order chi connectivity index (χ0) is 17.1. The van der Waals surface area contributed by atoms with Crippen molar-refractivity contribution in [3.63, 3.8) is 0 Å². The van der Waals surface area contributed by atoms with Crippen LogP contribution in [-0.4, -0.2) is 9.13 Å². The highest BCUT2D eigenvalue weighted by molar-refractivity contribution is 6.31. The molecule has 0 aliphatic carbocycles. The molecule has 0 amide bonds. The Bertz CT molecular complexity index is 993. The largest absolute Gasteiger partial charge is 0.331 e. The van der Waals surface area contributed by atoms with Crippen molar-refractivity contribution >= 4 is 23.2 Å². The van der Waals surface area contributed by atoms with E-state index in [0.717, 1.165) is 10.1 Å². The van der Waals surface area contributed by atoms with E-state index in [1.165, 1.54) is 16.8 Å². The molecule has 0 atom stereocenters. The highest BCUT2D eigenvalue weighted by atomic mass is 35.5. The molecular weight excluding hydrogens is 347 g/mol. The van der Waals surface area contributed by atoms with Crippen LogP contribution in [0.1, 0.15) is 11.1 Å². The van der Waals surface area contributed by atoms with Crippen molar-refractivity contribution in [3.05, 3.63) is 103 Å². The SMILES string of the molecule is O=c1ccn(Cc2ccccc2Cl)c(=O)n1Cc1ccccc1Cl.